The highest BCUT2D eigenvalue weighted by Gasteiger charge is 2.49. The molecule has 0 spiro atoms. The SMILES string of the molecule is CCCCC1(O)C(C(C)(C)C)=CC(C(=O)c2c[nH]c(SC#N)c2)=CC1C(C)(C)C. The van der Waals surface area contributed by atoms with Crippen LogP contribution < -0.4 is 0 Å². The van der Waals surface area contributed by atoms with Crippen LogP contribution in [0.2, 0.25) is 0 Å². The van der Waals surface area contributed by atoms with Gasteiger partial charge in [0.1, 0.15) is 5.40 Å². The van der Waals surface area contributed by atoms with Crippen LogP contribution in [0.5, 0.6) is 0 Å². The molecular formula is C24H34N2O2S. The lowest BCUT2D eigenvalue weighted by atomic mass is 9.58. The van der Waals surface area contributed by atoms with Crippen LogP contribution >= 0.6 is 11.8 Å². The van der Waals surface area contributed by atoms with Crippen molar-refractivity contribution >= 4 is 17.5 Å². The fraction of sp³-hybridized carbons (Fsp3) is 0.583. The van der Waals surface area contributed by atoms with E-state index >= 15 is 0 Å². The Bertz CT molecular complexity index is 859. The molecule has 2 rings (SSSR count). The Morgan fingerprint density at radius 1 is 1.31 bits per heavy atom. The number of carbonyl (C=O) groups excluding carboxylic acids is 1. The summed E-state index contributed by atoms with van der Waals surface area (Å²) in [6, 6.07) is 1.71. The molecule has 5 heteroatoms. The topological polar surface area (TPSA) is 76.9 Å². The average molecular weight is 415 g/mol. The number of unbranched alkanes of at least 4 members (excludes halogenated alkanes) is 1. The maximum absolute atomic E-state index is 13.3. The smallest absolute Gasteiger partial charge is 0.194 e. The van der Waals surface area contributed by atoms with Gasteiger partial charge in [-0.25, -0.2) is 0 Å². The molecule has 1 aromatic rings. The van der Waals surface area contributed by atoms with E-state index in [0.29, 0.717) is 22.6 Å². The van der Waals surface area contributed by atoms with Crippen LogP contribution in [0.25, 0.3) is 0 Å². The first-order valence-electron chi connectivity index (χ1n) is 10.3. The van der Waals surface area contributed by atoms with Crippen molar-refractivity contribution in [2.75, 3.05) is 0 Å². The maximum Gasteiger partial charge on any atom is 0.194 e. The van der Waals surface area contributed by atoms with Crippen molar-refractivity contribution in [3.63, 3.8) is 0 Å². The van der Waals surface area contributed by atoms with E-state index in [1.807, 2.05) is 17.6 Å². The van der Waals surface area contributed by atoms with Gasteiger partial charge in [-0.15, -0.1) is 0 Å². The lowest BCUT2D eigenvalue weighted by Crippen LogP contribution is -2.50. The monoisotopic (exact) mass is 414 g/mol. The standard InChI is InChI=1S/C24H34N2O2S/c1-8-9-10-24(28)18(22(2,3)4)11-16(12-19(24)23(5,6)7)21(27)17-13-20(26-14-17)29-15-25/h11-14,18,26,28H,8-10H2,1-7H3. The Kier molecular flexibility index (Phi) is 6.92. The molecule has 0 bridgehead atoms. The van der Waals surface area contributed by atoms with Crippen molar-refractivity contribution in [1.82, 2.24) is 4.98 Å². The van der Waals surface area contributed by atoms with Crippen LogP contribution in [0.4, 0.5) is 0 Å². The summed E-state index contributed by atoms with van der Waals surface area (Å²) in [6.07, 6.45) is 8.15. The first-order chi connectivity index (χ1) is 13.3. The number of hydrogen-bond donors (Lipinski definition) is 2. The highest BCUT2D eigenvalue weighted by molar-refractivity contribution is 8.03. The normalized spacial score (nSPS) is 22.7. The number of thioether (sulfide) groups is 1. The summed E-state index contributed by atoms with van der Waals surface area (Å²) in [6.45, 7) is 14.8. The number of rotatable bonds is 6. The van der Waals surface area contributed by atoms with Gasteiger partial charge in [0, 0.05) is 35.0 Å². The lowest BCUT2D eigenvalue weighted by molar-refractivity contribution is -0.0315. The maximum atomic E-state index is 13.3. The van der Waals surface area contributed by atoms with Gasteiger partial charge in [0.2, 0.25) is 0 Å². The first-order valence-corrected chi connectivity index (χ1v) is 11.1. The number of allylic oxidation sites excluding steroid dienone is 2. The highest BCUT2D eigenvalue weighted by atomic mass is 32.2. The minimum atomic E-state index is -0.976. The van der Waals surface area contributed by atoms with Crippen molar-refractivity contribution in [2.24, 2.45) is 16.7 Å². The largest absolute Gasteiger partial charge is 0.385 e. The third-order valence-electron chi connectivity index (χ3n) is 5.62. The summed E-state index contributed by atoms with van der Waals surface area (Å²) in [5, 5.41) is 23.5. The van der Waals surface area contributed by atoms with Gasteiger partial charge in [0.25, 0.3) is 0 Å². The summed E-state index contributed by atoms with van der Waals surface area (Å²) in [5.41, 5.74) is 0.612. The van der Waals surface area contributed by atoms with E-state index in [-0.39, 0.29) is 22.5 Å². The molecule has 1 aliphatic carbocycles. The van der Waals surface area contributed by atoms with Gasteiger partial charge >= 0.3 is 0 Å². The van der Waals surface area contributed by atoms with Gasteiger partial charge in [-0.3, -0.25) is 4.79 Å². The number of thiocyanates is 1. The molecule has 1 heterocycles. The van der Waals surface area contributed by atoms with Gasteiger partial charge in [0.15, 0.2) is 5.78 Å². The molecule has 0 aromatic carbocycles. The van der Waals surface area contributed by atoms with Crippen molar-refractivity contribution in [3.8, 4) is 5.40 Å². The summed E-state index contributed by atoms with van der Waals surface area (Å²) in [4.78, 5) is 16.3. The quantitative estimate of drug-likeness (QED) is 0.327. The van der Waals surface area contributed by atoms with E-state index in [0.717, 1.165) is 30.2 Å². The van der Waals surface area contributed by atoms with Gasteiger partial charge in [-0.05, 0) is 35.0 Å². The number of ketones is 1. The van der Waals surface area contributed by atoms with Crippen LogP contribution in [0.15, 0.2) is 40.6 Å². The minimum absolute atomic E-state index is 0.0837. The lowest BCUT2D eigenvalue weighted by Gasteiger charge is -2.49. The Hall–Kier alpha value is -1.77. The Morgan fingerprint density at radius 2 is 1.97 bits per heavy atom. The zero-order valence-electron chi connectivity index (χ0n) is 18.7. The molecule has 0 fully saturated rings. The van der Waals surface area contributed by atoms with Crippen molar-refractivity contribution < 1.29 is 9.90 Å². The van der Waals surface area contributed by atoms with Crippen molar-refractivity contribution in [2.45, 2.75) is 78.4 Å². The van der Waals surface area contributed by atoms with Crippen LogP contribution in [0.3, 0.4) is 0 Å². The molecule has 0 radical (unpaired) electrons. The second-order valence-electron chi connectivity index (χ2n) is 10.1. The number of aliphatic hydroxyl groups is 1. The van der Waals surface area contributed by atoms with E-state index in [1.54, 1.807) is 12.3 Å². The number of hydrogen-bond acceptors (Lipinski definition) is 4. The number of nitrogens with one attached hydrogen (secondary N) is 1. The van der Waals surface area contributed by atoms with E-state index < -0.39 is 5.60 Å². The van der Waals surface area contributed by atoms with Gasteiger partial charge < -0.3 is 10.1 Å². The van der Waals surface area contributed by atoms with Crippen LogP contribution in [0.1, 0.15) is 78.1 Å². The summed E-state index contributed by atoms with van der Waals surface area (Å²) < 4.78 is 0. The number of nitriles is 1. The molecule has 2 unspecified atom stereocenters. The number of carbonyl (C=O) groups is 1. The third kappa shape index (κ3) is 5.05. The molecule has 158 valence electrons. The second-order valence-corrected chi connectivity index (χ2v) is 10.9. The molecular weight excluding hydrogens is 380 g/mol. The second kappa shape index (κ2) is 8.53. The average Bonchev–Trinajstić information content (AvgIpc) is 3.06. The van der Waals surface area contributed by atoms with E-state index in [4.69, 9.17) is 5.26 Å². The molecule has 0 saturated carbocycles. The number of aromatic nitrogens is 1. The highest BCUT2D eigenvalue weighted by Crippen LogP contribution is 2.51. The van der Waals surface area contributed by atoms with Crippen LogP contribution in [0, 0.1) is 27.4 Å². The number of Topliss-reactive ketones (excluding diaryl/α,β-unsaturated/α-hetero) is 1. The zero-order chi connectivity index (χ0) is 22.0. The van der Waals surface area contributed by atoms with E-state index in [2.05, 4.69) is 53.5 Å². The summed E-state index contributed by atoms with van der Waals surface area (Å²) in [7, 11) is 0. The van der Waals surface area contributed by atoms with Gasteiger partial charge in [-0.2, -0.15) is 5.26 Å². The Labute approximate surface area is 179 Å². The number of H-pyrrole nitrogens is 1. The number of nitrogens with zero attached hydrogens (tertiary/aromatic N) is 1. The molecule has 0 amide bonds. The molecule has 2 atom stereocenters. The first kappa shape index (κ1) is 23.5. The molecule has 29 heavy (non-hydrogen) atoms. The predicted octanol–water partition coefficient (Wildman–Crippen LogP) is 6.27. The fourth-order valence-electron chi connectivity index (χ4n) is 4.30. The number of aromatic amines is 1. The molecule has 1 aromatic heterocycles. The van der Waals surface area contributed by atoms with Crippen LogP contribution in [-0.4, -0.2) is 21.5 Å². The molecule has 0 aliphatic heterocycles. The fourth-order valence-corrected chi connectivity index (χ4v) is 4.70. The zero-order valence-corrected chi connectivity index (χ0v) is 19.5. The van der Waals surface area contributed by atoms with Gasteiger partial charge in [-0.1, -0.05) is 67.4 Å². The summed E-state index contributed by atoms with van der Waals surface area (Å²) >= 11 is 1.00. The van der Waals surface area contributed by atoms with E-state index in [1.165, 1.54) is 0 Å². The Balaban J connectivity index is 2.58. The predicted molar refractivity (Wildman–Crippen MR) is 120 cm³/mol. The molecule has 2 N–H and O–H groups in total. The Morgan fingerprint density at radius 3 is 2.48 bits per heavy atom. The summed E-state index contributed by atoms with van der Waals surface area (Å²) in [5.74, 6) is -0.258. The minimum Gasteiger partial charge on any atom is -0.385 e. The third-order valence-corrected chi connectivity index (χ3v) is 6.16. The molecule has 1 aliphatic rings. The van der Waals surface area contributed by atoms with Crippen LogP contribution in [-0.2, 0) is 0 Å². The van der Waals surface area contributed by atoms with Gasteiger partial charge in [0.05, 0.1) is 10.6 Å². The van der Waals surface area contributed by atoms with Crippen molar-refractivity contribution in [1.29, 1.82) is 5.26 Å². The molecule has 0 saturated heterocycles. The molecule has 4 nitrogen and oxygen atoms in total. The van der Waals surface area contributed by atoms with Crippen molar-refractivity contribution in [3.05, 3.63) is 41.1 Å². The van der Waals surface area contributed by atoms with E-state index in [9.17, 15) is 9.90 Å².